The Morgan fingerprint density at radius 3 is 2.59 bits per heavy atom. The van der Waals surface area contributed by atoms with Crippen molar-refractivity contribution < 1.29 is 21.6 Å². The Morgan fingerprint density at radius 1 is 1.03 bits per heavy atom. The first-order valence-corrected chi connectivity index (χ1v) is 13.4. The van der Waals surface area contributed by atoms with Crippen LogP contribution in [-0.4, -0.2) is 37.5 Å². The molecule has 11 heteroatoms. The Balaban J connectivity index is 1.40. The van der Waals surface area contributed by atoms with E-state index in [-0.39, 0.29) is 11.6 Å². The van der Waals surface area contributed by atoms with E-state index in [9.17, 15) is 12.8 Å². The minimum atomic E-state index is -4.11. The van der Waals surface area contributed by atoms with Gasteiger partial charge < -0.3 is 10.6 Å². The van der Waals surface area contributed by atoms with E-state index in [2.05, 4.69) is 20.6 Å². The lowest BCUT2D eigenvalue weighted by molar-refractivity contribution is 0.478. The fraction of sp³-hybridized carbons (Fsp3) is 0.231. The van der Waals surface area contributed by atoms with Gasteiger partial charge in [0.2, 0.25) is 16.0 Å². The summed E-state index contributed by atoms with van der Waals surface area (Å²) in [5, 5.41) is 7.09. The maximum Gasteiger partial charge on any atom is 0.237 e. The quantitative estimate of drug-likeness (QED) is 0.298. The zero-order valence-electron chi connectivity index (χ0n) is 19.6. The molecule has 1 aliphatic rings. The molecule has 2 heterocycles. The van der Waals surface area contributed by atoms with Crippen molar-refractivity contribution in [2.45, 2.75) is 24.6 Å². The molecule has 4 aromatic rings. The first-order valence-electron chi connectivity index (χ1n) is 11.8. The summed E-state index contributed by atoms with van der Waals surface area (Å²) in [5.41, 5.74) is -0.342. The van der Waals surface area contributed by atoms with Crippen LogP contribution in [0.1, 0.15) is 18.4 Å². The summed E-state index contributed by atoms with van der Waals surface area (Å²) in [7, 11) is -4.11. The largest absolute Gasteiger partial charge is 0.350 e. The molecule has 3 N–H and O–H groups in total. The fourth-order valence-electron chi connectivity index (χ4n) is 4.35. The zero-order valence-corrected chi connectivity index (χ0v) is 20.5. The van der Waals surface area contributed by atoms with Crippen molar-refractivity contribution in [3.05, 3.63) is 83.8 Å². The zero-order chi connectivity index (χ0) is 26.0. The van der Waals surface area contributed by atoms with Crippen LogP contribution >= 0.6 is 0 Å². The van der Waals surface area contributed by atoms with Gasteiger partial charge in [-0.3, -0.25) is 4.72 Å². The Hall–Kier alpha value is -3.70. The van der Waals surface area contributed by atoms with Crippen LogP contribution in [0.2, 0.25) is 0 Å². The molecule has 37 heavy (non-hydrogen) atoms. The molecule has 0 aliphatic carbocycles. The van der Waals surface area contributed by atoms with E-state index in [1.54, 1.807) is 36.4 Å². The molecule has 1 fully saturated rings. The molecule has 5 rings (SSSR count). The van der Waals surface area contributed by atoms with Crippen molar-refractivity contribution in [2.75, 3.05) is 23.1 Å². The van der Waals surface area contributed by atoms with Gasteiger partial charge in [0.1, 0.15) is 5.82 Å². The molecule has 0 saturated carbocycles. The summed E-state index contributed by atoms with van der Waals surface area (Å²) < 4.78 is 71.8. The summed E-state index contributed by atoms with van der Waals surface area (Å²) in [5.74, 6) is -4.13. The smallest absolute Gasteiger partial charge is 0.237 e. The van der Waals surface area contributed by atoms with Crippen molar-refractivity contribution in [3.63, 3.8) is 0 Å². The molecule has 3 aromatic carbocycles. The van der Waals surface area contributed by atoms with Gasteiger partial charge in [0, 0.05) is 30.2 Å². The first-order chi connectivity index (χ1) is 17.8. The van der Waals surface area contributed by atoms with E-state index in [1.165, 1.54) is 18.3 Å². The molecule has 0 radical (unpaired) electrons. The third kappa shape index (κ3) is 5.67. The molecule has 0 spiro atoms. The first kappa shape index (κ1) is 25.0. The van der Waals surface area contributed by atoms with Crippen LogP contribution in [0.15, 0.2) is 60.8 Å². The molecule has 1 saturated heterocycles. The van der Waals surface area contributed by atoms with Crippen LogP contribution in [-0.2, 0) is 15.8 Å². The standard InChI is InChI=1S/C26H24F3N5O2S/c27-20-12-22(34-37(35,36)15-16-5-2-1-3-6-16)24(28)25(29)23(20)17-8-9-21-18(11-17)13-31-26(33-21)32-19-7-4-10-30-14-19/h1-3,5-6,8-9,11-13,19,30,34H,4,7,10,14-15H2,(H,31,32,33). The molecule has 1 unspecified atom stereocenters. The summed E-state index contributed by atoms with van der Waals surface area (Å²) in [6.45, 7) is 1.79. The summed E-state index contributed by atoms with van der Waals surface area (Å²) in [4.78, 5) is 8.77. The van der Waals surface area contributed by atoms with Gasteiger partial charge in [-0.1, -0.05) is 36.4 Å². The number of piperidine rings is 1. The molecule has 192 valence electrons. The van der Waals surface area contributed by atoms with Crippen LogP contribution in [0.25, 0.3) is 22.0 Å². The number of benzene rings is 3. The van der Waals surface area contributed by atoms with Crippen molar-refractivity contribution in [1.82, 2.24) is 15.3 Å². The highest BCUT2D eigenvalue weighted by atomic mass is 32.2. The molecule has 1 aliphatic heterocycles. The molecule has 0 bridgehead atoms. The van der Waals surface area contributed by atoms with Crippen molar-refractivity contribution >= 4 is 32.6 Å². The minimum absolute atomic E-state index is 0.0703. The third-order valence-corrected chi connectivity index (χ3v) is 7.37. The van der Waals surface area contributed by atoms with Crippen LogP contribution in [0, 0.1) is 17.5 Å². The van der Waals surface area contributed by atoms with Gasteiger partial charge in [-0.15, -0.1) is 0 Å². The lowest BCUT2D eigenvalue weighted by Gasteiger charge is -2.23. The van der Waals surface area contributed by atoms with Gasteiger partial charge in [-0.2, -0.15) is 0 Å². The number of fused-ring (bicyclic) bond motifs is 1. The fourth-order valence-corrected chi connectivity index (χ4v) is 5.53. The number of sulfonamides is 1. The van der Waals surface area contributed by atoms with Gasteiger partial charge >= 0.3 is 0 Å². The monoisotopic (exact) mass is 527 g/mol. The van der Waals surface area contributed by atoms with Gasteiger partial charge in [-0.05, 0) is 42.6 Å². The molecule has 7 nitrogen and oxygen atoms in total. The molecule has 0 amide bonds. The highest BCUT2D eigenvalue weighted by Crippen LogP contribution is 2.34. The number of halogens is 3. The predicted molar refractivity (Wildman–Crippen MR) is 137 cm³/mol. The normalized spacial score (nSPS) is 16.0. The summed E-state index contributed by atoms with van der Waals surface area (Å²) in [6.07, 6.45) is 3.58. The molecule has 1 aromatic heterocycles. The number of hydrogen-bond acceptors (Lipinski definition) is 6. The molecular formula is C26H24F3N5O2S. The second-order valence-electron chi connectivity index (χ2n) is 8.91. The van der Waals surface area contributed by atoms with Gasteiger partial charge in [0.05, 0.1) is 22.5 Å². The lowest BCUT2D eigenvalue weighted by atomic mass is 10.0. The van der Waals surface area contributed by atoms with E-state index in [0.717, 1.165) is 25.9 Å². The Kier molecular flexibility index (Phi) is 6.98. The number of nitrogens with zero attached hydrogens (tertiary/aromatic N) is 2. The summed E-state index contributed by atoms with van der Waals surface area (Å²) >= 11 is 0. The Morgan fingerprint density at radius 2 is 1.84 bits per heavy atom. The number of aromatic nitrogens is 2. The maximum atomic E-state index is 15.0. The van der Waals surface area contributed by atoms with E-state index >= 15 is 8.78 Å². The minimum Gasteiger partial charge on any atom is -0.350 e. The third-order valence-electron chi connectivity index (χ3n) is 6.12. The van der Waals surface area contributed by atoms with Gasteiger partial charge in [0.15, 0.2) is 11.6 Å². The summed E-state index contributed by atoms with van der Waals surface area (Å²) in [6, 6.07) is 13.5. The number of anilines is 2. The van der Waals surface area contributed by atoms with E-state index < -0.39 is 44.5 Å². The average Bonchev–Trinajstić information content (AvgIpc) is 2.88. The second-order valence-corrected chi connectivity index (χ2v) is 10.6. The number of nitrogens with one attached hydrogen (secondary N) is 3. The van der Waals surface area contributed by atoms with E-state index in [4.69, 9.17) is 0 Å². The van der Waals surface area contributed by atoms with E-state index in [1.807, 2.05) is 4.72 Å². The van der Waals surface area contributed by atoms with Gasteiger partial charge in [-0.25, -0.2) is 31.6 Å². The van der Waals surface area contributed by atoms with Crippen LogP contribution in [0.3, 0.4) is 0 Å². The van der Waals surface area contributed by atoms with Crippen molar-refractivity contribution in [3.8, 4) is 11.1 Å². The lowest BCUT2D eigenvalue weighted by Crippen LogP contribution is -2.38. The maximum absolute atomic E-state index is 15.0. The average molecular weight is 528 g/mol. The van der Waals surface area contributed by atoms with Gasteiger partial charge in [0.25, 0.3) is 0 Å². The highest BCUT2D eigenvalue weighted by Gasteiger charge is 2.23. The van der Waals surface area contributed by atoms with Crippen LogP contribution in [0.4, 0.5) is 24.8 Å². The number of rotatable bonds is 7. The van der Waals surface area contributed by atoms with Crippen LogP contribution < -0.4 is 15.4 Å². The van der Waals surface area contributed by atoms with Crippen LogP contribution in [0.5, 0.6) is 0 Å². The Labute approximate surface area is 212 Å². The Bertz CT molecular complexity index is 1550. The second kappa shape index (κ2) is 10.3. The molecular weight excluding hydrogens is 503 g/mol. The van der Waals surface area contributed by atoms with Crippen molar-refractivity contribution in [2.24, 2.45) is 0 Å². The SMILES string of the molecule is O=S(=O)(Cc1ccccc1)Nc1cc(F)c(-c2ccc3nc(NC4CCCNC4)ncc3c2)c(F)c1F. The number of hydrogen-bond donors (Lipinski definition) is 3. The predicted octanol–water partition coefficient (Wildman–Crippen LogP) is 4.82. The topological polar surface area (TPSA) is 96.0 Å². The highest BCUT2D eigenvalue weighted by molar-refractivity contribution is 7.91. The van der Waals surface area contributed by atoms with Crippen molar-refractivity contribution in [1.29, 1.82) is 0 Å². The van der Waals surface area contributed by atoms with E-state index in [0.29, 0.717) is 28.5 Å². The molecule has 1 atom stereocenters.